The fourth-order valence-corrected chi connectivity index (χ4v) is 3.84. The Labute approximate surface area is 200 Å². The van der Waals surface area contributed by atoms with E-state index in [9.17, 15) is 14.5 Å². The molecule has 1 unspecified atom stereocenters. The maximum atomic E-state index is 12.5. The summed E-state index contributed by atoms with van der Waals surface area (Å²) < 4.78 is 20.8. The number of nitrogens with one attached hydrogen (secondary N) is 2. The molecule has 1 atom stereocenters. The van der Waals surface area contributed by atoms with E-state index in [0.717, 1.165) is 0 Å². The molecule has 0 radical (unpaired) electrons. The van der Waals surface area contributed by atoms with Crippen LogP contribution >= 0.6 is 6.72 Å². The van der Waals surface area contributed by atoms with Gasteiger partial charge in [-0.1, -0.05) is 11.8 Å². The molecule has 0 spiro atoms. The number of amides is 2. The highest BCUT2D eigenvalue weighted by Crippen LogP contribution is 2.39. The van der Waals surface area contributed by atoms with Crippen LogP contribution in [-0.2, 0) is 39.9 Å². The lowest BCUT2D eigenvalue weighted by Crippen LogP contribution is -2.41. The SMILES string of the molecule is O=C(CCCCO)NCC(CNC(=O)CCCCO)OP([O-])(=S)OCCOCCOCCO. The van der Waals surface area contributed by atoms with Crippen molar-refractivity contribution in [2.24, 2.45) is 0 Å². The molecule has 0 heterocycles. The van der Waals surface area contributed by atoms with Gasteiger partial charge in [0, 0.05) is 39.1 Å². The van der Waals surface area contributed by atoms with Crippen molar-refractivity contribution in [1.29, 1.82) is 0 Å². The minimum atomic E-state index is -3.92. The predicted octanol–water partition coefficient (Wildman–Crippen LogP) is -1.44. The Hall–Kier alpha value is -0.730. The first-order valence-corrected chi connectivity index (χ1v) is 13.6. The molecule has 0 aliphatic carbocycles. The van der Waals surface area contributed by atoms with Crippen molar-refractivity contribution in [3.8, 4) is 0 Å². The van der Waals surface area contributed by atoms with Crippen LogP contribution in [0.5, 0.6) is 0 Å². The first-order valence-electron chi connectivity index (χ1n) is 11.0. The van der Waals surface area contributed by atoms with E-state index in [-0.39, 0.29) is 84.0 Å². The smallest absolute Gasteiger partial charge is 0.220 e. The van der Waals surface area contributed by atoms with Crippen LogP contribution < -0.4 is 15.5 Å². The zero-order valence-corrected chi connectivity index (χ0v) is 20.7. The normalized spacial score (nSPS) is 13.1. The van der Waals surface area contributed by atoms with Gasteiger partial charge < -0.3 is 49.4 Å². The summed E-state index contributed by atoms with van der Waals surface area (Å²) in [6, 6.07) is 0. The van der Waals surface area contributed by atoms with Gasteiger partial charge >= 0.3 is 0 Å². The molecule has 0 aliphatic heterocycles. The zero-order valence-electron chi connectivity index (χ0n) is 18.9. The van der Waals surface area contributed by atoms with Crippen LogP contribution in [0.25, 0.3) is 0 Å². The van der Waals surface area contributed by atoms with Crippen molar-refractivity contribution >= 4 is 30.3 Å². The van der Waals surface area contributed by atoms with E-state index in [1.807, 2.05) is 0 Å². The third-order valence-corrected chi connectivity index (χ3v) is 5.67. The molecule has 33 heavy (non-hydrogen) atoms. The Morgan fingerprint density at radius 2 is 1.27 bits per heavy atom. The van der Waals surface area contributed by atoms with Gasteiger partial charge in [0.2, 0.25) is 11.8 Å². The predicted molar refractivity (Wildman–Crippen MR) is 122 cm³/mol. The molecular formula is C19H38N2O10PS-. The second-order valence-electron chi connectivity index (χ2n) is 6.93. The molecule has 12 nitrogen and oxygen atoms in total. The van der Waals surface area contributed by atoms with Crippen LogP contribution in [0.15, 0.2) is 0 Å². The first kappa shape index (κ1) is 32.3. The number of unbranched alkanes of at least 4 members (excludes halogenated alkanes) is 2. The zero-order chi connectivity index (χ0) is 24.8. The van der Waals surface area contributed by atoms with E-state index < -0.39 is 12.8 Å². The minimum Gasteiger partial charge on any atom is -0.780 e. The van der Waals surface area contributed by atoms with Crippen LogP contribution in [0.3, 0.4) is 0 Å². The number of carbonyl (C=O) groups is 2. The maximum Gasteiger partial charge on any atom is 0.220 e. The largest absolute Gasteiger partial charge is 0.780 e. The number of rotatable bonds is 23. The van der Waals surface area contributed by atoms with Gasteiger partial charge in [0.1, 0.15) is 6.72 Å². The molecule has 0 saturated heterocycles. The highest BCUT2D eigenvalue weighted by molar-refractivity contribution is 8.06. The van der Waals surface area contributed by atoms with Gasteiger partial charge in [-0.15, -0.1) is 0 Å². The lowest BCUT2D eigenvalue weighted by Gasteiger charge is -2.32. The van der Waals surface area contributed by atoms with Gasteiger partial charge in [-0.05, 0) is 25.7 Å². The summed E-state index contributed by atoms with van der Waals surface area (Å²) in [6.07, 6.45) is 1.57. The highest BCUT2D eigenvalue weighted by atomic mass is 32.5. The van der Waals surface area contributed by atoms with Gasteiger partial charge in [0.15, 0.2) is 0 Å². The van der Waals surface area contributed by atoms with Crippen molar-refractivity contribution in [2.45, 2.75) is 44.6 Å². The number of carbonyl (C=O) groups excluding carboxylic acids is 2. The van der Waals surface area contributed by atoms with Crippen molar-refractivity contribution in [1.82, 2.24) is 10.6 Å². The van der Waals surface area contributed by atoms with Gasteiger partial charge in [-0.2, -0.15) is 0 Å². The number of hydrogen-bond donors (Lipinski definition) is 5. The van der Waals surface area contributed by atoms with E-state index in [1.165, 1.54) is 0 Å². The second-order valence-corrected chi connectivity index (χ2v) is 9.63. The third kappa shape index (κ3) is 21.5. The number of hydrogen-bond acceptors (Lipinski definition) is 11. The standard InChI is InChI=1S/C19H39N2O10PS/c22-7-3-1-5-18(25)20-15-17(16-21-19(26)6-2-4-8-23)31-32(27,33)30-14-13-29-12-11-28-10-9-24/h17,22-24H,1-16H2,(H,20,25)(H,21,26)(H,27,33)/p-1. The highest BCUT2D eigenvalue weighted by Gasteiger charge is 2.17. The third-order valence-electron chi connectivity index (χ3n) is 4.04. The van der Waals surface area contributed by atoms with Crippen molar-refractivity contribution in [2.75, 3.05) is 65.9 Å². The van der Waals surface area contributed by atoms with Crippen LogP contribution in [0, 0.1) is 0 Å². The molecular weight excluding hydrogens is 479 g/mol. The molecule has 0 rings (SSSR count). The summed E-state index contributed by atoms with van der Waals surface area (Å²) in [5.41, 5.74) is 0. The van der Waals surface area contributed by atoms with Crippen molar-refractivity contribution in [3.05, 3.63) is 0 Å². The molecule has 0 aromatic rings. The van der Waals surface area contributed by atoms with E-state index >= 15 is 0 Å². The van der Waals surface area contributed by atoms with Gasteiger partial charge in [0.25, 0.3) is 0 Å². The Morgan fingerprint density at radius 1 is 0.788 bits per heavy atom. The van der Waals surface area contributed by atoms with Crippen LogP contribution in [0.1, 0.15) is 38.5 Å². The number of aliphatic hydroxyl groups is 3. The summed E-state index contributed by atoms with van der Waals surface area (Å²) in [5.74, 6) is -0.550. The van der Waals surface area contributed by atoms with Gasteiger partial charge in [-0.3, -0.25) is 9.59 Å². The Morgan fingerprint density at radius 3 is 1.76 bits per heavy atom. The molecule has 2 amide bonds. The minimum absolute atomic E-state index is 0.00278. The Kier molecular flexibility index (Phi) is 21.3. The molecule has 196 valence electrons. The van der Waals surface area contributed by atoms with Crippen LogP contribution in [0.4, 0.5) is 0 Å². The summed E-state index contributed by atoms with van der Waals surface area (Å²) in [7, 11) is 0. The molecule has 0 aromatic heterocycles. The average Bonchev–Trinajstić information content (AvgIpc) is 2.77. The van der Waals surface area contributed by atoms with E-state index in [4.69, 9.17) is 45.6 Å². The summed E-state index contributed by atoms with van der Waals surface area (Å²) in [4.78, 5) is 36.3. The van der Waals surface area contributed by atoms with Crippen LogP contribution in [0.2, 0.25) is 0 Å². The molecule has 0 bridgehead atoms. The fraction of sp³-hybridized carbons (Fsp3) is 0.895. The molecule has 5 N–H and O–H groups in total. The lowest BCUT2D eigenvalue weighted by molar-refractivity contribution is -0.211. The van der Waals surface area contributed by atoms with Crippen molar-refractivity contribution in [3.63, 3.8) is 0 Å². The monoisotopic (exact) mass is 517 g/mol. The first-order chi connectivity index (χ1) is 15.8. The quantitative estimate of drug-likeness (QED) is 0.0791. The number of aliphatic hydroxyl groups excluding tert-OH is 3. The van der Waals surface area contributed by atoms with Crippen LogP contribution in [-0.4, -0.2) is 99.2 Å². The van der Waals surface area contributed by atoms with Gasteiger partial charge in [0.05, 0.1) is 45.7 Å². The summed E-state index contributed by atoms with van der Waals surface area (Å²) >= 11 is 4.91. The van der Waals surface area contributed by atoms with Gasteiger partial charge in [-0.25, -0.2) is 0 Å². The number of ether oxygens (including phenoxy) is 2. The van der Waals surface area contributed by atoms with E-state index in [2.05, 4.69) is 10.6 Å². The molecule has 14 heteroatoms. The summed E-state index contributed by atoms with van der Waals surface area (Å²) in [6.45, 7) is -3.31. The summed E-state index contributed by atoms with van der Waals surface area (Å²) in [5, 5.41) is 31.4. The molecule has 0 fully saturated rings. The second kappa shape index (κ2) is 21.8. The molecule has 0 aliphatic rings. The van der Waals surface area contributed by atoms with Crippen molar-refractivity contribution < 1.29 is 48.3 Å². The lowest BCUT2D eigenvalue weighted by atomic mass is 10.2. The fourth-order valence-electron chi connectivity index (χ4n) is 2.38. The van der Waals surface area contributed by atoms with E-state index in [1.54, 1.807) is 0 Å². The van der Waals surface area contributed by atoms with E-state index in [0.29, 0.717) is 32.3 Å². The topological polar surface area (TPSA) is 179 Å². The molecule has 0 saturated carbocycles. The molecule has 0 aromatic carbocycles. The Balaban J connectivity index is 4.49. The maximum absolute atomic E-state index is 12.5. The average molecular weight is 518 g/mol. The Bertz CT molecular complexity index is 533.